The molecule has 0 spiro atoms. The highest BCUT2D eigenvalue weighted by molar-refractivity contribution is 7.07. The molecular formula is C10H14N4OS. The van der Waals surface area contributed by atoms with Crippen LogP contribution in [0.3, 0.4) is 0 Å². The summed E-state index contributed by atoms with van der Waals surface area (Å²) in [7, 11) is 0. The van der Waals surface area contributed by atoms with Crippen molar-refractivity contribution in [3.63, 3.8) is 0 Å². The van der Waals surface area contributed by atoms with E-state index < -0.39 is 5.54 Å². The van der Waals surface area contributed by atoms with E-state index in [1.165, 1.54) is 11.3 Å². The Morgan fingerprint density at radius 3 is 2.75 bits per heavy atom. The number of hydrogen-bond acceptors (Lipinski definition) is 6. The lowest BCUT2D eigenvalue weighted by atomic mass is 9.93. The maximum Gasteiger partial charge on any atom is 0.277 e. The molecule has 86 valence electrons. The lowest BCUT2D eigenvalue weighted by Gasteiger charge is -2.21. The average Bonchev–Trinajstić information content (AvgIpc) is 2.97. The van der Waals surface area contributed by atoms with E-state index in [0.29, 0.717) is 17.4 Å². The van der Waals surface area contributed by atoms with Gasteiger partial charge in [0.25, 0.3) is 5.89 Å². The Kier molecular flexibility index (Phi) is 3.02. The van der Waals surface area contributed by atoms with Crippen LogP contribution in [-0.2, 0) is 5.54 Å². The van der Waals surface area contributed by atoms with Crippen molar-refractivity contribution < 1.29 is 4.52 Å². The van der Waals surface area contributed by atoms with Crippen LogP contribution >= 0.6 is 11.3 Å². The summed E-state index contributed by atoms with van der Waals surface area (Å²) in [5, 5.41) is 5.81. The molecule has 2 aromatic rings. The molecule has 0 aliphatic rings. The van der Waals surface area contributed by atoms with Crippen molar-refractivity contribution in [1.29, 1.82) is 0 Å². The third-order valence-electron chi connectivity index (χ3n) is 2.78. The summed E-state index contributed by atoms with van der Waals surface area (Å²) in [4.78, 5) is 8.42. The van der Waals surface area contributed by atoms with E-state index in [-0.39, 0.29) is 0 Å². The Labute approximate surface area is 97.7 Å². The summed E-state index contributed by atoms with van der Waals surface area (Å²) in [5.74, 6) is 0.994. The summed E-state index contributed by atoms with van der Waals surface area (Å²) in [6, 6.07) is 0. The smallest absolute Gasteiger partial charge is 0.277 e. The highest BCUT2D eigenvalue weighted by Gasteiger charge is 2.29. The number of thiazole rings is 1. The molecule has 0 saturated heterocycles. The zero-order valence-corrected chi connectivity index (χ0v) is 10.1. The van der Waals surface area contributed by atoms with Crippen LogP contribution in [0.5, 0.6) is 0 Å². The first-order valence-corrected chi connectivity index (χ1v) is 6.15. The first-order chi connectivity index (χ1) is 7.69. The van der Waals surface area contributed by atoms with Gasteiger partial charge in [-0.3, -0.25) is 0 Å². The van der Waals surface area contributed by atoms with Gasteiger partial charge < -0.3 is 10.3 Å². The van der Waals surface area contributed by atoms with Gasteiger partial charge in [0.15, 0.2) is 5.82 Å². The minimum absolute atomic E-state index is 0.438. The zero-order valence-electron chi connectivity index (χ0n) is 9.30. The topological polar surface area (TPSA) is 77.8 Å². The van der Waals surface area contributed by atoms with E-state index in [1.54, 1.807) is 5.51 Å². The number of hydrogen-bond donors (Lipinski definition) is 1. The fourth-order valence-corrected chi connectivity index (χ4v) is 1.94. The number of rotatable bonds is 4. The molecule has 0 aromatic carbocycles. The second kappa shape index (κ2) is 4.31. The molecule has 0 atom stereocenters. The zero-order chi connectivity index (χ0) is 11.6. The molecule has 2 rings (SSSR count). The molecule has 6 heteroatoms. The normalized spacial score (nSPS) is 11.9. The lowest BCUT2D eigenvalue weighted by Crippen LogP contribution is -2.36. The molecule has 0 amide bonds. The molecule has 2 heterocycles. The molecule has 0 fully saturated rings. The van der Waals surface area contributed by atoms with Crippen LogP contribution in [0, 0.1) is 0 Å². The first kappa shape index (κ1) is 11.2. The largest absolute Gasteiger partial charge is 0.332 e. The Balaban J connectivity index is 2.33. The van der Waals surface area contributed by atoms with E-state index in [2.05, 4.69) is 15.1 Å². The molecule has 0 saturated carbocycles. The SMILES string of the molecule is CCC(N)(CC)c1noc(-c2cscn2)n1. The Morgan fingerprint density at radius 2 is 2.19 bits per heavy atom. The van der Waals surface area contributed by atoms with Crippen molar-refractivity contribution >= 4 is 11.3 Å². The molecule has 5 nitrogen and oxygen atoms in total. The van der Waals surface area contributed by atoms with Crippen LogP contribution < -0.4 is 5.73 Å². The summed E-state index contributed by atoms with van der Waals surface area (Å²) in [6.07, 6.45) is 1.55. The second-order valence-electron chi connectivity index (χ2n) is 3.66. The van der Waals surface area contributed by atoms with Gasteiger partial charge in [0.1, 0.15) is 5.69 Å². The molecule has 0 unspecified atom stereocenters. The summed E-state index contributed by atoms with van der Waals surface area (Å²) >= 11 is 1.49. The van der Waals surface area contributed by atoms with Crippen molar-refractivity contribution in [3.8, 4) is 11.6 Å². The van der Waals surface area contributed by atoms with E-state index >= 15 is 0 Å². The minimum Gasteiger partial charge on any atom is -0.332 e. The molecular weight excluding hydrogens is 224 g/mol. The van der Waals surface area contributed by atoms with Crippen molar-refractivity contribution in [2.24, 2.45) is 5.73 Å². The van der Waals surface area contributed by atoms with Crippen molar-refractivity contribution in [2.45, 2.75) is 32.2 Å². The standard InChI is InChI=1S/C10H14N4OS/c1-3-10(11,4-2)9-13-8(15-14-9)7-5-16-6-12-7/h5-6H,3-4,11H2,1-2H3. The summed E-state index contributed by atoms with van der Waals surface area (Å²) in [6.45, 7) is 4.03. The van der Waals surface area contributed by atoms with Gasteiger partial charge in [-0.2, -0.15) is 4.98 Å². The molecule has 0 aliphatic heterocycles. The average molecular weight is 238 g/mol. The predicted molar refractivity (Wildman–Crippen MR) is 61.9 cm³/mol. The lowest BCUT2D eigenvalue weighted by molar-refractivity contribution is 0.350. The van der Waals surface area contributed by atoms with E-state index in [4.69, 9.17) is 10.3 Å². The number of nitrogens with two attached hydrogens (primary N) is 1. The third-order valence-corrected chi connectivity index (χ3v) is 3.37. The van der Waals surface area contributed by atoms with E-state index in [0.717, 1.165) is 12.8 Å². The first-order valence-electron chi connectivity index (χ1n) is 5.21. The predicted octanol–water partition coefficient (Wildman–Crippen LogP) is 2.17. The van der Waals surface area contributed by atoms with Gasteiger partial charge in [-0.15, -0.1) is 11.3 Å². The van der Waals surface area contributed by atoms with Crippen molar-refractivity contribution in [2.75, 3.05) is 0 Å². The quantitative estimate of drug-likeness (QED) is 0.883. The van der Waals surface area contributed by atoms with Gasteiger partial charge >= 0.3 is 0 Å². The second-order valence-corrected chi connectivity index (χ2v) is 4.38. The van der Waals surface area contributed by atoms with Crippen molar-refractivity contribution in [3.05, 3.63) is 16.7 Å². The van der Waals surface area contributed by atoms with E-state index in [9.17, 15) is 0 Å². The monoisotopic (exact) mass is 238 g/mol. The summed E-state index contributed by atoms with van der Waals surface area (Å²) in [5.41, 5.74) is 8.12. The fraction of sp³-hybridized carbons (Fsp3) is 0.500. The Bertz CT molecular complexity index is 447. The Morgan fingerprint density at radius 1 is 1.44 bits per heavy atom. The minimum atomic E-state index is -0.502. The van der Waals surface area contributed by atoms with Crippen LogP contribution in [0.25, 0.3) is 11.6 Å². The van der Waals surface area contributed by atoms with Crippen LogP contribution in [0.15, 0.2) is 15.4 Å². The van der Waals surface area contributed by atoms with Gasteiger partial charge in [0.2, 0.25) is 0 Å². The molecule has 2 aromatic heterocycles. The van der Waals surface area contributed by atoms with Gasteiger partial charge in [0.05, 0.1) is 11.0 Å². The van der Waals surface area contributed by atoms with Crippen LogP contribution in [0.2, 0.25) is 0 Å². The Hall–Kier alpha value is -1.27. The highest BCUT2D eigenvalue weighted by atomic mass is 32.1. The van der Waals surface area contributed by atoms with Gasteiger partial charge in [-0.05, 0) is 12.8 Å². The number of nitrogens with zero attached hydrogens (tertiary/aromatic N) is 3. The van der Waals surface area contributed by atoms with Crippen molar-refractivity contribution in [1.82, 2.24) is 15.1 Å². The van der Waals surface area contributed by atoms with Gasteiger partial charge in [-0.25, -0.2) is 4.98 Å². The highest BCUT2D eigenvalue weighted by Crippen LogP contribution is 2.25. The molecule has 0 radical (unpaired) electrons. The van der Waals surface area contributed by atoms with E-state index in [1.807, 2.05) is 19.2 Å². The van der Waals surface area contributed by atoms with Crippen LogP contribution in [0.1, 0.15) is 32.5 Å². The third kappa shape index (κ3) is 1.85. The fourth-order valence-electron chi connectivity index (χ4n) is 1.41. The molecule has 16 heavy (non-hydrogen) atoms. The summed E-state index contributed by atoms with van der Waals surface area (Å²) < 4.78 is 5.16. The maximum atomic E-state index is 6.18. The number of aromatic nitrogens is 3. The van der Waals surface area contributed by atoms with Gasteiger partial charge in [0, 0.05) is 5.38 Å². The van der Waals surface area contributed by atoms with Crippen LogP contribution in [-0.4, -0.2) is 15.1 Å². The molecule has 2 N–H and O–H groups in total. The molecule has 0 aliphatic carbocycles. The van der Waals surface area contributed by atoms with Gasteiger partial charge in [-0.1, -0.05) is 19.0 Å². The maximum absolute atomic E-state index is 6.18. The van der Waals surface area contributed by atoms with Crippen LogP contribution in [0.4, 0.5) is 0 Å². The molecule has 0 bridgehead atoms.